The third-order valence-corrected chi connectivity index (χ3v) is 3.97. The van der Waals surface area contributed by atoms with E-state index in [0.717, 1.165) is 0 Å². The predicted octanol–water partition coefficient (Wildman–Crippen LogP) is 2.87. The van der Waals surface area contributed by atoms with Crippen LogP contribution in [-0.4, -0.2) is 33.9 Å². The van der Waals surface area contributed by atoms with Crippen LogP contribution in [-0.2, 0) is 4.79 Å². The molecule has 142 valence electrons. The highest BCUT2D eigenvalue weighted by Crippen LogP contribution is 2.18. The van der Waals surface area contributed by atoms with Gasteiger partial charge in [0.1, 0.15) is 6.04 Å². The number of pyridine rings is 1. The normalized spacial score (nSPS) is 11.7. The van der Waals surface area contributed by atoms with E-state index in [4.69, 9.17) is 0 Å². The number of carbonyl (C=O) groups is 3. The summed E-state index contributed by atoms with van der Waals surface area (Å²) in [5.74, 6) is -1.69. The maximum atomic E-state index is 12.4. The second-order valence-electron chi connectivity index (χ2n) is 6.72. The minimum Gasteiger partial charge on any atom is -0.480 e. The average Bonchev–Trinajstić information content (AvgIpc) is 2.62. The summed E-state index contributed by atoms with van der Waals surface area (Å²) in [5, 5.41) is 14.6. The maximum absolute atomic E-state index is 12.4. The molecule has 1 aromatic heterocycles. The lowest BCUT2D eigenvalue weighted by Gasteiger charge is -2.17. The highest BCUT2D eigenvalue weighted by molar-refractivity contribution is 6.05. The van der Waals surface area contributed by atoms with Crippen LogP contribution in [0.2, 0.25) is 0 Å². The van der Waals surface area contributed by atoms with Crippen LogP contribution in [0.4, 0.5) is 5.69 Å². The largest absolute Gasteiger partial charge is 0.480 e. The lowest BCUT2D eigenvalue weighted by molar-refractivity contribution is -0.139. The summed E-state index contributed by atoms with van der Waals surface area (Å²) >= 11 is 0. The monoisotopic (exact) mass is 369 g/mol. The van der Waals surface area contributed by atoms with Gasteiger partial charge in [-0.2, -0.15) is 0 Å². The molecule has 27 heavy (non-hydrogen) atoms. The van der Waals surface area contributed by atoms with Gasteiger partial charge in [0.15, 0.2) is 0 Å². The SMILES string of the molecule is Cc1cc(C(=O)NC(CC(C)C)C(=O)O)ccc1NC(=O)c1cccnc1. The van der Waals surface area contributed by atoms with E-state index in [2.05, 4.69) is 15.6 Å². The summed E-state index contributed by atoms with van der Waals surface area (Å²) in [7, 11) is 0. The fraction of sp³-hybridized carbons (Fsp3) is 0.300. The number of aryl methyl sites for hydroxylation is 1. The van der Waals surface area contributed by atoms with Gasteiger partial charge in [-0.1, -0.05) is 13.8 Å². The first-order valence-corrected chi connectivity index (χ1v) is 8.63. The number of amides is 2. The van der Waals surface area contributed by atoms with Crippen molar-refractivity contribution in [1.82, 2.24) is 10.3 Å². The molecule has 0 aliphatic heterocycles. The Hall–Kier alpha value is -3.22. The van der Waals surface area contributed by atoms with Crippen LogP contribution in [0.25, 0.3) is 0 Å². The van der Waals surface area contributed by atoms with Crippen molar-refractivity contribution in [2.45, 2.75) is 33.2 Å². The molecule has 2 rings (SSSR count). The van der Waals surface area contributed by atoms with Crippen molar-refractivity contribution in [2.75, 3.05) is 5.32 Å². The molecule has 0 bridgehead atoms. The van der Waals surface area contributed by atoms with E-state index >= 15 is 0 Å². The van der Waals surface area contributed by atoms with Gasteiger partial charge in [-0.15, -0.1) is 0 Å². The summed E-state index contributed by atoms with van der Waals surface area (Å²) in [6.07, 6.45) is 3.39. The van der Waals surface area contributed by atoms with Crippen LogP contribution >= 0.6 is 0 Å². The van der Waals surface area contributed by atoms with E-state index in [-0.39, 0.29) is 11.8 Å². The van der Waals surface area contributed by atoms with E-state index in [1.807, 2.05) is 13.8 Å². The number of nitrogens with one attached hydrogen (secondary N) is 2. The summed E-state index contributed by atoms with van der Waals surface area (Å²) in [5.41, 5.74) is 2.02. The average molecular weight is 369 g/mol. The Balaban J connectivity index is 2.10. The Morgan fingerprint density at radius 2 is 1.85 bits per heavy atom. The molecule has 1 heterocycles. The molecule has 0 spiro atoms. The molecule has 0 aliphatic rings. The molecule has 2 amide bonds. The van der Waals surface area contributed by atoms with Crippen LogP contribution in [0.1, 0.15) is 46.5 Å². The molecule has 7 heteroatoms. The molecule has 0 radical (unpaired) electrons. The molecule has 2 aromatic rings. The minimum absolute atomic E-state index is 0.137. The van der Waals surface area contributed by atoms with Crippen molar-refractivity contribution in [2.24, 2.45) is 5.92 Å². The van der Waals surface area contributed by atoms with Crippen molar-refractivity contribution in [3.63, 3.8) is 0 Å². The first kappa shape index (κ1) is 20.1. The van der Waals surface area contributed by atoms with Gasteiger partial charge < -0.3 is 15.7 Å². The lowest BCUT2D eigenvalue weighted by atomic mass is 10.0. The summed E-state index contributed by atoms with van der Waals surface area (Å²) < 4.78 is 0. The van der Waals surface area contributed by atoms with Gasteiger partial charge in [0.05, 0.1) is 5.56 Å². The van der Waals surface area contributed by atoms with E-state index in [9.17, 15) is 19.5 Å². The van der Waals surface area contributed by atoms with Gasteiger partial charge in [0, 0.05) is 23.6 Å². The Morgan fingerprint density at radius 1 is 1.11 bits per heavy atom. The third-order valence-electron chi connectivity index (χ3n) is 3.97. The highest BCUT2D eigenvalue weighted by atomic mass is 16.4. The number of carboxylic acid groups (broad SMARTS) is 1. The fourth-order valence-corrected chi connectivity index (χ4v) is 2.57. The Bertz CT molecular complexity index is 834. The first-order valence-electron chi connectivity index (χ1n) is 8.63. The van der Waals surface area contributed by atoms with Gasteiger partial charge in [0.25, 0.3) is 11.8 Å². The molecule has 1 unspecified atom stereocenters. The Morgan fingerprint density at radius 3 is 2.41 bits per heavy atom. The number of aromatic nitrogens is 1. The van der Waals surface area contributed by atoms with E-state index in [0.29, 0.717) is 28.8 Å². The Labute approximate surface area is 157 Å². The highest BCUT2D eigenvalue weighted by Gasteiger charge is 2.22. The van der Waals surface area contributed by atoms with Crippen molar-refractivity contribution in [3.8, 4) is 0 Å². The smallest absolute Gasteiger partial charge is 0.326 e. The fourth-order valence-electron chi connectivity index (χ4n) is 2.57. The summed E-state index contributed by atoms with van der Waals surface area (Å²) in [6.45, 7) is 5.55. The number of carboxylic acids is 1. The zero-order valence-corrected chi connectivity index (χ0v) is 15.5. The molecular formula is C20H23N3O4. The lowest BCUT2D eigenvalue weighted by Crippen LogP contribution is -2.41. The van der Waals surface area contributed by atoms with Crippen molar-refractivity contribution in [3.05, 3.63) is 59.4 Å². The molecule has 0 saturated heterocycles. The number of rotatable bonds is 7. The molecule has 3 N–H and O–H groups in total. The second kappa shape index (κ2) is 8.93. The first-order chi connectivity index (χ1) is 12.8. The molecule has 0 saturated carbocycles. The number of nitrogens with zero attached hydrogens (tertiary/aromatic N) is 1. The molecule has 7 nitrogen and oxygen atoms in total. The van der Waals surface area contributed by atoms with Gasteiger partial charge in [-0.3, -0.25) is 14.6 Å². The summed E-state index contributed by atoms with van der Waals surface area (Å²) in [6, 6.07) is 7.17. The van der Waals surface area contributed by atoms with Gasteiger partial charge in [0.2, 0.25) is 0 Å². The maximum Gasteiger partial charge on any atom is 0.326 e. The second-order valence-corrected chi connectivity index (χ2v) is 6.72. The van der Waals surface area contributed by atoms with Crippen LogP contribution in [0.15, 0.2) is 42.7 Å². The topological polar surface area (TPSA) is 108 Å². The van der Waals surface area contributed by atoms with Crippen molar-refractivity contribution in [1.29, 1.82) is 0 Å². The molecular weight excluding hydrogens is 346 g/mol. The summed E-state index contributed by atoms with van der Waals surface area (Å²) in [4.78, 5) is 39.8. The number of hydrogen-bond acceptors (Lipinski definition) is 4. The van der Waals surface area contributed by atoms with Gasteiger partial charge in [-0.05, 0) is 55.2 Å². The van der Waals surface area contributed by atoms with Crippen LogP contribution in [0, 0.1) is 12.8 Å². The van der Waals surface area contributed by atoms with Crippen molar-refractivity contribution < 1.29 is 19.5 Å². The standard InChI is InChI=1S/C20H23N3O4/c1-12(2)9-17(20(26)27)23-18(24)14-6-7-16(13(3)10-14)22-19(25)15-5-4-8-21-11-15/h4-8,10-12,17H,9H2,1-3H3,(H,22,25)(H,23,24)(H,26,27). The number of hydrogen-bond donors (Lipinski definition) is 3. The molecule has 0 fully saturated rings. The number of carbonyl (C=O) groups excluding carboxylic acids is 2. The third kappa shape index (κ3) is 5.64. The van der Waals surface area contributed by atoms with Crippen molar-refractivity contribution >= 4 is 23.5 Å². The minimum atomic E-state index is -1.06. The molecule has 1 aromatic carbocycles. The Kier molecular flexibility index (Phi) is 6.65. The molecule has 1 atom stereocenters. The van der Waals surface area contributed by atoms with Crippen LogP contribution in [0.3, 0.4) is 0 Å². The van der Waals surface area contributed by atoms with Crippen LogP contribution < -0.4 is 10.6 Å². The quantitative estimate of drug-likeness (QED) is 0.695. The number of aliphatic carboxylic acids is 1. The van der Waals surface area contributed by atoms with E-state index in [1.165, 1.54) is 6.20 Å². The number of benzene rings is 1. The van der Waals surface area contributed by atoms with Crippen LogP contribution in [0.5, 0.6) is 0 Å². The zero-order chi connectivity index (χ0) is 20.0. The van der Waals surface area contributed by atoms with Gasteiger partial charge in [-0.25, -0.2) is 4.79 Å². The van der Waals surface area contributed by atoms with Gasteiger partial charge >= 0.3 is 5.97 Å². The molecule has 0 aliphatic carbocycles. The number of anilines is 1. The zero-order valence-electron chi connectivity index (χ0n) is 15.5. The van der Waals surface area contributed by atoms with E-state index in [1.54, 1.807) is 43.5 Å². The predicted molar refractivity (Wildman–Crippen MR) is 102 cm³/mol. The van der Waals surface area contributed by atoms with E-state index < -0.39 is 17.9 Å².